The summed E-state index contributed by atoms with van der Waals surface area (Å²) in [7, 11) is 0. The number of amides is 2. The first kappa shape index (κ1) is 16.5. The molecular formula is C18H21N3O2S. The average Bonchev–Trinajstić information content (AvgIpc) is 3.24. The van der Waals surface area contributed by atoms with E-state index in [-0.39, 0.29) is 18.7 Å². The highest BCUT2D eigenvalue weighted by Gasteiger charge is 2.14. The third kappa shape index (κ3) is 4.15. The molecule has 6 heteroatoms. The van der Waals surface area contributed by atoms with Gasteiger partial charge in [0, 0.05) is 28.5 Å². The summed E-state index contributed by atoms with van der Waals surface area (Å²) >= 11 is 1.68. The van der Waals surface area contributed by atoms with E-state index in [9.17, 15) is 9.90 Å². The van der Waals surface area contributed by atoms with E-state index in [4.69, 9.17) is 0 Å². The number of hydrogen-bond donors (Lipinski definition) is 4. The molecule has 4 N–H and O–H groups in total. The Balaban J connectivity index is 1.51. The van der Waals surface area contributed by atoms with Gasteiger partial charge in [-0.3, -0.25) is 0 Å². The number of hydrogen-bond acceptors (Lipinski definition) is 3. The highest BCUT2D eigenvalue weighted by atomic mass is 32.1. The number of benzene rings is 1. The number of H-pyrrole nitrogens is 1. The van der Waals surface area contributed by atoms with Gasteiger partial charge in [0.15, 0.2) is 0 Å². The normalized spacial score (nSPS) is 12.2. The number of aromatic nitrogens is 1. The fourth-order valence-electron chi connectivity index (χ4n) is 2.72. The molecule has 2 heterocycles. The molecule has 0 aliphatic carbocycles. The Hall–Kier alpha value is -2.31. The minimum absolute atomic E-state index is 0.0994. The Morgan fingerprint density at radius 1 is 1.25 bits per heavy atom. The zero-order valence-electron chi connectivity index (χ0n) is 13.3. The summed E-state index contributed by atoms with van der Waals surface area (Å²) in [6.07, 6.45) is 3.33. The molecular weight excluding hydrogens is 322 g/mol. The lowest BCUT2D eigenvalue weighted by atomic mass is 10.1. The Morgan fingerprint density at radius 2 is 2.12 bits per heavy atom. The summed E-state index contributed by atoms with van der Waals surface area (Å²) in [6.45, 7) is 0.482. The van der Waals surface area contributed by atoms with Crippen LogP contribution in [-0.4, -0.2) is 35.3 Å². The first-order valence-corrected chi connectivity index (χ1v) is 8.87. The second-order valence-corrected chi connectivity index (χ2v) is 6.70. The molecule has 3 rings (SSSR count). The molecule has 0 aliphatic heterocycles. The van der Waals surface area contributed by atoms with Crippen LogP contribution in [0.2, 0.25) is 0 Å². The molecule has 0 spiro atoms. The van der Waals surface area contributed by atoms with Crippen molar-refractivity contribution in [3.05, 3.63) is 58.4 Å². The lowest BCUT2D eigenvalue weighted by molar-refractivity contribution is 0.216. The number of carbonyl (C=O) groups is 1. The average molecular weight is 343 g/mol. The Kier molecular flexibility index (Phi) is 5.51. The molecule has 0 saturated carbocycles. The SMILES string of the molecule is O=C(NCCc1cccs1)NC(CO)Cc1c[nH]c2ccccc12. The van der Waals surface area contributed by atoms with Crippen molar-refractivity contribution in [2.24, 2.45) is 0 Å². The van der Waals surface area contributed by atoms with E-state index in [1.54, 1.807) is 11.3 Å². The van der Waals surface area contributed by atoms with Crippen molar-refractivity contribution in [3.63, 3.8) is 0 Å². The van der Waals surface area contributed by atoms with E-state index in [0.717, 1.165) is 22.9 Å². The smallest absolute Gasteiger partial charge is 0.315 e. The molecule has 0 saturated heterocycles. The number of urea groups is 1. The number of nitrogens with one attached hydrogen (secondary N) is 3. The number of thiophene rings is 1. The fourth-order valence-corrected chi connectivity index (χ4v) is 3.43. The van der Waals surface area contributed by atoms with E-state index < -0.39 is 0 Å². The van der Waals surface area contributed by atoms with Gasteiger partial charge in [0.2, 0.25) is 0 Å². The number of carbonyl (C=O) groups excluding carboxylic acids is 1. The van der Waals surface area contributed by atoms with Gasteiger partial charge in [-0.1, -0.05) is 24.3 Å². The van der Waals surface area contributed by atoms with Crippen LogP contribution >= 0.6 is 11.3 Å². The summed E-state index contributed by atoms with van der Waals surface area (Å²) < 4.78 is 0. The molecule has 24 heavy (non-hydrogen) atoms. The maximum absolute atomic E-state index is 12.0. The molecule has 2 aromatic heterocycles. The van der Waals surface area contributed by atoms with Gasteiger partial charge in [-0.25, -0.2) is 4.79 Å². The molecule has 0 fully saturated rings. The predicted molar refractivity (Wildman–Crippen MR) is 97.4 cm³/mol. The summed E-state index contributed by atoms with van der Waals surface area (Å²) in [6, 6.07) is 11.5. The van der Waals surface area contributed by atoms with Gasteiger partial charge >= 0.3 is 6.03 Å². The van der Waals surface area contributed by atoms with Crippen molar-refractivity contribution in [3.8, 4) is 0 Å². The van der Waals surface area contributed by atoms with E-state index in [1.165, 1.54) is 4.88 Å². The highest BCUT2D eigenvalue weighted by Crippen LogP contribution is 2.19. The Bertz CT molecular complexity index is 783. The standard InChI is InChI=1S/C18H21N3O2S/c22-12-14(10-13-11-20-17-6-2-1-5-16(13)17)21-18(23)19-8-7-15-4-3-9-24-15/h1-6,9,11,14,20,22H,7-8,10,12H2,(H2,19,21,23). The summed E-state index contributed by atoms with van der Waals surface area (Å²) in [5.74, 6) is 0. The van der Waals surface area contributed by atoms with Crippen LogP contribution in [0.3, 0.4) is 0 Å². The van der Waals surface area contributed by atoms with Crippen LogP contribution in [0.5, 0.6) is 0 Å². The van der Waals surface area contributed by atoms with Crippen molar-refractivity contribution in [1.82, 2.24) is 15.6 Å². The highest BCUT2D eigenvalue weighted by molar-refractivity contribution is 7.09. The monoisotopic (exact) mass is 343 g/mol. The molecule has 0 aliphatic rings. The molecule has 0 radical (unpaired) electrons. The van der Waals surface area contributed by atoms with E-state index in [1.807, 2.05) is 41.9 Å². The van der Waals surface area contributed by atoms with Crippen molar-refractivity contribution in [2.75, 3.05) is 13.2 Å². The van der Waals surface area contributed by atoms with Gasteiger partial charge in [-0.15, -0.1) is 11.3 Å². The van der Waals surface area contributed by atoms with Crippen molar-refractivity contribution in [1.29, 1.82) is 0 Å². The van der Waals surface area contributed by atoms with Gasteiger partial charge in [0.05, 0.1) is 12.6 Å². The molecule has 1 unspecified atom stereocenters. The van der Waals surface area contributed by atoms with E-state index >= 15 is 0 Å². The maximum atomic E-state index is 12.0. The zero-order chi connectivity index (χ0) is 16.8. The van der Waals surface area contributed by atoms with Crippen LogP contribution in [0.25, 0.3) is 10.9 Å². The largest absolute Gasteiger partial charge is 0.394 e. The minimum atomic E-state index is -0.314. The Labute approximate surface area is 144 Å². The topological polar surface area (TPSA) is 77.2 Å². The summed E-state index contributed by atoms with van der Waals surface area (Å²) in [4.78, 5) is 16.5. The summed E-state index contributed by atoms with van der Waals surface area (Å²) in [5, 5.41) is 18.4. The van der Waals surface area contributed by atoms with Crippen LogP contribution in [0.4, 0.5) is 4.79 Å². The van der Waals surface area contributed by atoms with Gasteiger partial charge in [0.1, 0.15) is 0 Å². The molecule has 5 nitrogen and oxygen atoms in total. The third-order valence-electron chi connectivity index (χ3n) is 3.93. The van der Waals surface area contributed by atoms with Crippen LogP contribution in [-0.2, 0) is 12.8 Å². The minimum Gasteiger partial charge on any atom is -0.394 e. The Morgan fingerprint density at radius 3 is 2.92 bits per heavy atom. The molecule has 1 aromatic carbocycles. The quantitative estimate of drug-likeness (QED) is 0.532. The fraction of sp³-hybridized carbons (Fsp3) is 0.278. The first-order valence-electron chi connectivity index (χ1n) is 7.99. The van der Waals surface area contributed by atoms with Crippen LogP contribution < -0.4 is 10.6 Å². The van der Waals surface area contributed by atoms with Gasteiger partial charge in [-0.2, -0.15) is 0 Å². The molecule has 2 amide bonds. The predicted octanol–water partition coefficient (Wildman–Crippen LogP) is 2.67. The number of aliphatic hydroxyl groups is 1. The molecule has 3 aromatic rings. The van der Waals surface area contributed by atoms with Crippen LogP contribution in [0.15, 0.2) is 48.0 Å². The maximum Gasteiger partial charge on any atom is 0.315 e. The van der Waals surface area contributed by atoms with Crippen LogP contribution in [0, 0.1) is 0 Å². The van der Waals surface area contributed by atoms with Crippen molar-refractivity contribution in [2.45, 2.75) is 18.9 Å². The van der Waals surface area contributed by atoms with Crippen molar-refractivity contribution < 1.29 is 9.90 Å². The molecule has 0 bridgehead atoms. The van der Waals surface area contributed by atoms with E-state index in [0.29, 0.717) is 13.0 Å². The first-order chi connectivity index (χ1) is 11.8. The lowest BCUT2D eigenvalue weighted by Gasteiger charge is -2.16. The number of aliphatic hydroxyl groups excluding tert-OH is 1. The van der Waals surface area contributed by atoms with Crippen molar-refractivity contribution >= 4 is 28.3 Å². The zero-order valence-corrected chi connectivity index (χ0v) is 14.1. The van der Waals surface area contributed by atoms with E-state index in [2.05, 4.69) is 21.7 Å². The van der Waals surface area contributed by atoms with Crippen LogP contribution in [0.1, 0.15) is 10.4 Å². The lowest BCUT2D eigenvalue weighted by Crippen LogP contribution is -2.45. The summed E-state index contributed by atoms with van der Waals surface area (Å²) in [5.41, 5.74) is 2.15. The third-order valence-corrected chi connectivity index (χ3v) is 4.87. The number of aromatic amines is 1. The molecule has 1 atom stereocenters. The molecule has 126 valence electrons. The number of fused-ring (bicyclic) bond motifs is 1. The number of para-hydroxylation sites is 1. The second-order valence-electron chi connectivity index (χ2n) is 5.67. The van der Waals surface area contributed by atoms with Gasteiger partial charge in [0.25, 0.3) is 0 Å². The van der Waals surface area contributed by atoms with Gasteiger partial charge in [-0.05, 0) is 35.9 Å². The number of rotatable bonds is 7. The second kappa shape index (κ2) is 7.99. The van der Waals surface area contributed by atoms with Gasteiger partial charge < -0.3 is 20.7 Å².